The van der Waals surface area contributed by atoms with Crippen LogP contribution >= 0.6 is 0 Å². The molecule has 2 aliphatic heterocycles. The second kappa shape index (κ2) is 10.3. The van der Waals surface area contributed by atoms with Crippen LogP contribution in [-0.4, -0.2) is 86.4 Å². The third kappa shape index (κ3) is 5.98. The summed E-state index contributed by atoms with van der Waals surface area (Å²) in [6.07, 6.45) is 0.432. The van der Waals surface area contributed by atoms with Crippen LogP contribution in [0.5, 0.6) is 0 Å². The number of amides is 2. The van der Waals surface area contributed by atoms with E-state index in [1.807, 2.05) is 4.90 Å². The lowest BCUT2D eigenvalue weighted by molar-refractivity contribution is -0.144. The first-order chi connectivity index (χ1) is 14.1. The van der Waals surface area contributed by atoms with Crippen molar-refractivity contribution in [2.24, 2.45) is 5.16 Å². The highest BCUT2D eigenvalue weighted by Gasteiger charge is 2.34. The van der Waals surface area contributed by atoms with Crippen molar-refractivity contribution in [1.82, 2.24) is 15.1 Å². The molecule has 2 heterocycles. The van der Waals surface area contributed by atoms with Crippen molar-refractivity contribution in [3.8, 4) is 0 Å². The highest BCUT2D eigenvalue weighted by molar-refractivity contribution is 6.04. The van der Waals surface area contributed by atoms with Crippen LogP contribution in [0.1, 0.15) is 18.4 Å². The van der Waals surface area contributed by atoms with Gasteiger partial charge in [-0.3, -0.25) is 14.5 Å². The van der Waals surface area contributed by atoms with Gasteiger partial charge in [0.15, 0.2) is 0 Å². The summed E-state index contributed by atoms with van der Waals surface area (Å²) in [5, 5.41) is 6.84. The first-order valence-corrected chi connectivity index (χ1v) is 9.82. The molecule has 0 bridgehead atoms. The Kier molecular flexibility index (Phi) is 7.54. The minimum absolute atomic E-state index is 0.0202. The van der Waals surface area contributed by atoms with Crippen LogP contribution in [0.3, 0.4) is 0 Å². The van der Waals surface area contributed by atoms with E-state index in [0.29, 0.717) is 63.6 Å². The van der Waals surface area contributed by atoms with Gasteiger partial charge in [0, 0.05) is 58.4 Å². The summed E-state index contributed by atoms with van der Waals surface area (Å²) in [7, 11) is 1.63. The second-order valence-corrected chi connectivity index (χ2v) is 7.14. The number of nitrogens with one attached hydrogen (secondary N) is 1. The molecule has 1 unspecified atom stereocenters. The lowest BCUT2D eigenvalue weighted by Crippen LogP contribution is -2.53. The predicted molar refractivity (Wildman–Crippen MR) is 105 cm³/mol. The standard InChI is InChI=1S/C20H27FN4O4/c1-28-11-3-6-22-19(26)14-24-7-9-25(10-8-24)20(27)18-13-17(23-29-18)15-4-2-5-16(21)12-15/h2,4-5,12,18H,3,6-11,13-14H2,1H3,(H,22,26). The van der Waals surface area contributed by atoms with Gasteiger partial charge in [-0.15, -0.1) is 0 Å². The van der Waals surface area contributed by atoms with Crippen molar-refractivity contribution in [2.75, 3.05) is 53.0 Å². The molecule has 8 nitrogen and oxygen atoms in total. The average molecular weight is 406 g/mol. The number of piperazine rings is 1. The van der Waals surface area contributed by atoms with Crippen LogP contribution < -0.4 is 5.32 Å². The van der Waals surface area contributed by atoms with Crippen LogP contribution in [0.15, 0.2) is 29.4 Å². The predicted octanol–water partition coefficient (Wildman–Crippen LogP) is 0.616. The number of ether oxygens (including phenoxy) is 1. The number of halogens is 1. The molecule has 0 spiro atoms. The maximum Gasteiger partial charge on any atom is 0.266 e. The molecule has 1 aromatic rings. The summed E-state index contributed by atoms with van der Waals surface area (Å²) in [5.74, 6) is -0.490. The van der Waals surface area contributed by atoms with Gasteiger partial charge in [-0.2, -0.15) is 0 Å². The molecule has 0 aliphatic carbocycles. The van der Waals surface area contributed by atoms with Crippen molar-refractivity contribution in [3.63, 3.8) is 0 Å². The van der Waals surface area contributed by atoms with E-state index >= 15 is 0 Å². The molecule has 0 aromatic heterocycles. The fraction of sp³-hybridized carbons (Fsp3) is 0.550. The molecular formula is C20H27FN4O4. The molecule has 0 saturated carbocycles. The Balaban J connectivity index is 1.40. The van der Waals surface area contributed by atoms with Gasteiger partial charge in [0.05, 0.1) is 12.3 Å². The molecule has 2 aliphatic rings. The van der Waals surface area contributed by atoms with Crippen molar-refractivity contribution in [2.45, 2.75) is 18.9 Å². The quantitative estimate of drug-likeness (QED) is 0.640. The molecule has 1 fully saturated rings. The number of methoxy groups -OCH3 is 1. The number of carbonyl (C=O) groups is 2. The fourth-order valence-corrected chi connectivity index (χ4v) is 3.38. The zero-order valence-corrected chi connectivity index (χ0v) is 16.6. The molecule has 1 aromatic carbocycles. The summed E-state index contributed by atoms with van der Waals surface area (Å²) in [5.41, 5.74) is 1.20. The fourth-order valence-electron chi connectivity index (χ4n) is 3.38. The Labute approximate surface area is 169 Å². The summed E-state index contributed by atoms with van der Waals surface area (Å²) >= 11 is 0. The first kappa shape index (κ1) is 21.2. The van der Waals surface area contributed by atoms with E-state index in [-0.39, 0.29) is 17.6 Å². The number of rotatable bonds is 8. The van der Waals surface area contributed by atoms with Crippen molar-refractivity contribution < 1.29 is 23.6 Å². The zero-order valence-electron chi connectivity index (χ0n) is 16.6. The molecular weight excluding hydrogens is 379 g/mol. The Hall–Kier alpha value is -2.52. The van der Waals surface area contributed by atoms with Gasteiger partial charge < -0.3 is 19.8 Å². The van der Waals surface area contributed by atoms with E-state index in [4.69, 9.17) is 9.57 Å². The van der Waals surface area contributed by atoms with E-state index in [0.717, 1.165) is 6.42 Å². The van der Waals surface area contributed by atoms with E-state index in [1.54, 1.807) is 24.1 Å². The summed E-state index contributed by atoms with van der Waals surface area (Å²) in [4.78, 5) is 33.8. The van der Waals surface area contributed by atoms with E-state index < -0.39 is 6.10 Å². The molecule has 29 heavy (non-hydrogen) atoms. The number of hydrogen-bond acceptors (Lipinski definition) is 6. The highest BCUT2D eigenvalue weighted by atomic mass is 19.1. The maximum atomic E-state index is 13.4. The van der Waals surface area contributed by atoms with Crippen LogP contribution in [0.2, 0.25) is 0 Å². The van der Waals surface area contributed by atoms with E-state index in [1.165, 1.54) is 12.1 Å². The molecule has 1 saturated heterocycles. The summed E-state index contributed by atoms with van der Waals surface area (Å²) in [6.45, 7) is 3.85. The molecule has 1 atom stereocenters. The van der Waals surface area contributed by atoms with E-state index in [2.05, 4.69) is 10.5 Å². The van der Waals surface area contributed by atoms with Crippen LogP contribution in [0.25, 0.3) is 0 Å². The monoisotopic (exact) mass is 406 g/mol. The first-order valence-electron chi connectivity index (χ1n) is 9.82. The third-order valence-electron chi connectivity index (χ3n) is 5.00. The Bertz CT molecular complexity index is 750. The van der Waals surface area contributed by atoms with Crippen LogP contribution in [0, 0.1) is 5.82 Å². The molecule has 1 N–H and O–H groups in total. The number of oxime groups is 1. The van der Waals surface area contributed by atoms with Crippen molar-refractivity contribution in [3.05, 3.63) is 35.6 Å². The van der Waals surface area contributed by atoms with Gasteiger partial charge in [0.1, 0.15) is 5.82 Å². The average Bonchev–Trinajstić information content (AvgIpc) is 3.22. The molecule has 0 radical (unpaired) electrons. The van der Waals surface area contributed by atoms with Gasteiger partial charge in [0.2, 0.25) is 12.0 Å². The van der Waals surface area contributed by atoms with Gasteiger partial charge in [-0.05, 0) is 18.6 Å². The summed E-state index contributed by atoms with van der Waals surface area (Å²) in [6, 6.07) is 6.10. The van der Waals surface area contributed by atoms with Gasteiger partial charge in [-0.25, -0.2) is 4.39 Å². The molecule has 3 rings (SSSR count). The molecule has 9 heteroatoms. The Morgan fingerprint density at radius 3 is 2.83 bits per heavy atom. The smallest absolute Gasteiger partial charge is 0.266 e. The summed E-state index contributed by atoms with van der Waals surface area (Å²) < 4.78 is 18.3. The number of benzene rings is 1. The highest BCUT2D eigenvalue weighted by Crippen LogP contribution is 2.19. The Morgan fingerprint density at radius 2 is 2.10 bits per heavy atom. The van der Waals surface area contributed by atoms with Crippen LogP contribution in [0.4, 0.5) is 4.39 Å². The number of carbonyl (C=O) groups excluding carboxylic acids is 2. The maximum absolute atomic E-state index is 13.4. The number of nitrogens with zero attached hydrogens (tertiary/aromatic N) is 3. The molecule has 2 amide bonds. The minimum Gasteiger partial charge on any atom is -0.385 e. The third-order valence-corrected chi connectivity index (χ3v) is 5.00. The zero-order chi connectivity index (χ0) is 20.6. The minimum atomic E-state index is -0.677. The van der Waals surface area contributed by atoms with Gasteiger partial charge in [0.25, 0.3) is 5.91 Å². The lowest BCUT2D eigenvalue weighted by Gasteiger charge is -2.35. The molecule has 158 valence electrons. The van der Waals surface area contributed by atoms with Crippen LogP contribution in [-0.2, 0) is 19.2 Å². The van der Waals surface area contributed by atoms with Gasteiger partial charge in [-0.1, -0.05) is 17.3 Å². The normalized spacial score (nSPS) is 19.6. The Morgan fingerprint density at radius 1 is 1.31 bits per heavy atom. The second-order valence-electron chi connectivity index (χ2n) is 7.14. The van der Waals surface area contributed by atoms with E-state index in [9.17, 15) is 14.0 Å². The van der Waals surface area contributed by atoms with Crippen molar-refractivity contribution >= 4 is 17.5 Å². The number of hydrogen-bond donors (Lipinski definition) is 1. The SMILES string of the molecule is COCCCNC(=O)CN1CCN(C(=O)C2CC(c3cccc(F)c3)=NO2)CC1. The van der Waals surface area contributed by atoms with Gasteiger partial charge >= 0.3 is 0 Å². The van der Waals surface area contributed by atoms with Crippen molar-refractivity contribution in [1.29, 1.82) is 0 Å². The topological polar surface area (TPSA) is 83.5 Å². The largest absolute Gasteiger partial charge is 0.385 e. The lowest BCUT2D eigenvalue weighted by atomic mass is 10.0.